The lowest BCUT2D eigenvalue weighted by atomic mass is 10.1. The van der Waals surface area contributed by atoms with E-state index < -0.39 is 17.3 Å². The zero-order valence-electron chi connectivity index (χ0n) is 18.7. The summed E-state index contributed by atoms with van der Waals surface area (Å²) in [6.45, 7) is 4.14. The molecule has 0 unspecified atom stereocenters. The van der Waals surface area contributed by atoms with Crippen LogP contribution in [-0.4, -0.2) is 59.3 Å². The number of nitro benzene ring substituents is 1. The van der Waals surface area contributed by atoms with Crippen LogP contribution >= 0.6 is 0 Å². The summed E-state index contributed by atoms with van der Waals surface area (Å²) in [5, 5.41) is 15.3. The van der Waals surface area contributed by atoms with Gasteiger partial charge in [0.1, 0.15) is 5.75 Å². The average molecular weight is 489 g/mol. The highest BCUT2D eigenvalue weighted by molar-refractivity contribution is 5.99. The Kier molecular flexibility index (Phi) is 6.74. The number of nitro groups is 1. The van der Waals surface area contributed by atoms with Crippen molar-refractivity contribution in [2.75, 3.05) is 36.4 Å². The number of halogens is 3. The molecule has 3 aromatic rings. The van der Waals surface area contributed by atoms with E-state index in [9.17, 15) is 28.1 Å². The third kappa shape index (κ3) is 5.60. The number of hydrogen-bond acceptors (Lipinski definition) is 7. The van der Waals surface area contributed by atoms with Crippen molar-refractivity contribution in [2.45, 2.75) is 19.3 Å². The number of ether oxygens (including phenoxy) is 1. The fraction of sp³-hybridized carbons (Fsp3) is 0.304. The van der Waals surface area contributed by atoms with E-state index in [2.05, 4.69) is 19.9 Å². The van der Waals surface area contributed by atoms with Gasteiger partial charge in [-0.1, -0.05) is 0 Å². The first-order valence-electron chi connectivity index (χ1n) is 10.8. The molecule has 9 nitrogen and oxygen atoms in total. The van der Waals surface area contributed by atoms with Crippen LogP contribution in [0.1, 0.15) is 6.92 Å². The maximum absolute atomic E-state index is 12.7. The molecule has 1 fully saturated rings. The van der Waals surface area contributed by atoms with Crippen molar-refractivity contribution in [1.29, 1.82) is 0 Å². The molecule has 2 aromatic carbocycles. The summed E-state index contributed by atoms with van der Waals surface area (Å²) >= 11 is 0. The number of fused-ring (bicyclic) bond motifs is 1. The van der Waals surface area contributed by atoms with E-state index in [0.29, 0.717) is 37.3 Å². The first-order valence-corrected chi connectivity index (χ1v) is 10.8. The number of non-ortho nitro benzene ring substituents is 1. The summed E-state index contributed by atoms with van der Waals surface area (Å²) < 4.78 is 40.7. The van der Waals surface area contributed by atoms with Crippen molar-refractivity contribution < 1.29 is 27.6 Å². The van der Waals surface area contributed by atoms with Crippen LogP contribution in [0.3, 0.4) is 0 Å². The van der Waals surface area contributed by atoms with Gasteiger partial charge < -0.3 is 15.0 Å². The van der Waals surface area contributed by atoms with Crippen LogP contribution in [0.25, 0.3) is 10.8 Å². The fourth-order valence-electron chi connectivity index (χ4n) is 4.10. The Bertz CT molecular complexity index is 1230. The minimum atomic E-state index is -4.78. The number of carbonyl (C=O) groups excluding carboxylic acids is 1. The zero-order valence-corrected chi connectivity index (χ0v) is 18.7. The molecule has 35 heavy (non-hydrogen) atoms. The fourth-order valence-corrected chi connectivity index (χ4v) is 4.10. The number of alkyl halides is 3. The highest BCUT2D eigenvalue weighted by Crippen LogP contribution is 2.33. The van der Waals surface area contributed by atoms with Crippen LogP contribution in [0.15, 0.2) is 54.9 Å². The monoisotopic (exact) mass is 489 g/mol. The molecule has 1 aliphatic heterocycles. The zero-order chi connectivity index (χ0) is 25.2. The van der Waals surface area contributed by atoms with Crippen molar-refractivity contribution in [3.8, 4) is 5.75 Å². The van der Waals surface area contributed by atoms with Crippen LogP contribution < -0.4 is 15.0 Å². The maximum atomic E-state index is 12.7. The number of piperazine rings is 1. The molecule has 1 N–H and O–H groups in total. The molecular formula is C23H22F3N5O4. The average Bonchev–Trinajstić information content (AvgIpc) is 2.83. The Labute approximate surface area is 198 Å². The number of rotatable bonds is 6. The van der Waals surface area contributed by atoms with Crippen molar-refractivity contribution in [3.05, 3.63) is 65.0 Å². The van der Waals surface area contributed by atoms with Crippen molar-refractivity contribution in [2.24, 2.45) is 0 Å². The molecule has 1 amide bonds. The Morgan fingerprint density at radius 3 is 2.40 bits per heavy atom. The Hall–Kier alpha value is -3.93. The van der Waals surface area contributed by atoms with Gasteiger partial charge in [0.15, 0.2) is 0 Å². The number of benzene rings is 2. The molecule has 4 rings (SSSR count). The van der Waals surface area contributed by atoms with Gasteiger partial charge in [0.25, 0.3) is 5.69 Å². The van der Waals surface area contributed by atoms with Gasteiger partial charge in [-0.25, -0.2) is 0 Å². The summed E-state index contributed by atoms with van der Waals surface area (Å²) in [6, 6.07) is 9.46. The predicted octanol–water partition coefficient (Wildman–Crippen LogP) is 4.19. The maximum Gasteiger partial charge on any atom is 0.573 e. The molecule has 1 aliphatic rings. The molecule has 0 bridgehead atoms. The number of carbonyl (C=O) groups is 1. The first-order chi connectivity index (χ1) is 16.6. The molecule has 0 aliphatic carbocycles. The topological polar surface area (TPSA) is 101 Å². The molecule has 0 radical (unpaired) electrons. The minimum absolute atomic E-state index is 0.00113. The SMILES string of the molecule is C[C@@H](C(=O)Nc1ccc(OC(F)(F)F)cc1)N1CCN(c2ccc([N+](=O)[O-])c3cnccc23)CC1. The molecule has 0 spiro atoms. The highest BCUT2D eigenvalue weighted by Gasteiger charge is 2.31. The van der Waals surface area contributed by atoms with Crippen molar-refractivity contribution >= 4 is 33.7 Å². The summed E-state index contributed by atoms with van der Waals surface area (Å²) in [4.78, 5) is 31.8. The summed E-state index contributed by atoms with van der Waals surface area (Å²) in [6.07, 6.45) is -1.69. The lowest BCUT2D eigenvalue weighted by Gasteiger charge is -2.38. The Morgan fingerprint density at radius 2 is 1.77 bits per heavy atom. The van der Waals surface area contributed by atoms with Crippen molar-refractivity contribution in [3.63, 3.8) is 0 Å². The number of amides is 1. The van der Waals surface area contributed by atoms with Gasteiger partial charge in [-0.15, -0.1) is 13.2 Å². The first kappa shape index (κ1) is 24.2. The highest BCUT2D eigenvalue weighted by atomic mass is 19.4. The standard InChI is InChI=1S/C23H22F3N5O4/c1-15(22(32)28-16-2-4-17(5-3-16)35-23(24,25)26)29-10-12-30(13-11-29)20-6-7-21(31(33)34)19-14-27-9-8-18(19)20/h2-9,14-15H,10-13H2,1H3,(H,28,32)/t15-/m0/s1. The summed E-state index contributed by atoms with van der Waals surface area (Å²) in [5.74, 6) is -0.649. The lowest BCUT2D eigenvalue weighted by Crippen LogP contribution is -2.52. The van der Waals surface area contributed by atoms with Crippen LogP contribution in [-0.2, 0) is 4.79 Å². The van der Waals surface area contributed by atoms with Crippen LogP contribution in [0.5, 0.6) is 5.75 Å². The van der Waals surface area contributed by atoms with E-state index in [1.807, 2.05) is 4.90 Å². The molecule has 1 aromatic heterocycles. The number of nitrogens with zero attached hydrogens (tertiary/aromatic N) is 4. The van der Waals surface area contributed by atoms with Gasteiger partial charge in [-0.2, -0.15) is 0 Å². The van der Waals surface area contributed by atoms with E-state index in [1.54, 1.807) is 25.3 Å². The molecular weight excluding hydrogens is 467 g/mol. The molecule has 1 saturated heterocycles. The molecule has 12 heteroatoms. The van der Waals surface area contributed by atoms with Crippen molar-refractivity contribution in [1.82, 2.24) is 9.88 Å². The minimum Gasteiger partial charge on any atom is -0.406 e. The predicted molar refractivity (Wildman–Crippen MR) is 123 cm³/mol. The lowest BCUT2D eigenvalue weighted by molar-refractivity contribution is -0.383. The second kappa shape index (κ2) is 9.74. The number of nitrogens with one attached hydrogen (secondary N) is 1. The van der Waals surface area contributed by atoms with Gasteiger partial charge in [-0.3, -0.25) is 24.8 Å². The van der Waals surface area contributed by atoms with Gasteiger partial charge in [0.05, 0.1) is 16.4 Å². The summed E-state index contributed by atoms with van der Waals surface area (Å²) in [5.41, 5.74) is 1.23. The van der Waals surface area contributed by atoms with Crippen LogP contribution in [0, 0.1) is 10.1 Å². The second-order valence-corrected chi connectivity index (χ2v) is 8.04. The van der Waals surface area contributed by atoms with E-state index in [-0.39, 0.29) is 17.3 Å². The normalized spacial score (nSPS) is 15.6. The Morgan fingerprint density at radius 1 is 1.09 bits per heavy atom. The van der Waals surface area contributed by atoms with Crippen LogP contribution in [0.2, 0.25) is 0 Å². The largest absolute Gasteiger partial charge is 0.573 e. The third-order valence-corrected chi connectivity index (χ3v) is 5.91. The van der Waals surface area contributed by atoms with Gasteiger partial charge >= 0.3 is 6.36 Å². The molecule has 0 saturated carbocycles. The number of hydrogen-bond donors (Lipinski definition) is 1. The quantitative estimate of drug-likeness (QED) is 0.409. The van der Waals surface area contributed by atoms with Gasteiger partial charge in [-0.05, 0) is 43.3 Å². The second-order valence-electron chi connectivity index (χ2n) is 8.04. The number of aromatic nitrogens is 1. The van der Waals surface area contributed by atoms with E-state index in [0.717, 1.165) is 23.2 Å². The smallest absolute Gasteiger partial charge is 0.406 e. The number of anilines is 2. The van der Waals surface area contributed by atoms with E-state index in [1.165, 1.54) is 24.4 Å². The van der Waals surface area contributed by atoms with E-state index >= 15 is 0 Å². The molecule has 184 valence electrons. The summed E-state index contributed by atoms with van der Waals surface area (Å²) in [7, 11) is 0. The molecule has 2 heterocycles. The van der Waals surface area contributed by atoms with Gasteiger partial charge in [0.2, 0.25) is 5.91 Å². The third-order valence-electron chi connectivity index (χ3n) is 5.91. The van der Waals surface area contributed by atoms with Gasteiger partial charge in [0, 0.05) is 61.4 Å². The number of pyridine rings is 1. The molecule has 1 atom stereocenters. The van der Waals surface area contributed by atoms with Crippen LogP contribution in [0.4, 0.5) is 30.2 Å². The van der Waals surface area contributed by atoms with E-state index in [4.69, 9.17) is 0 Å². The Balaban J connectivity index is 1.38.